The van der Waals surface area contributed by atoms with Crippen LogP contribution in [-0.4, -0.2) is 57.5 Å². The predicted molar refractivity (Wildman–Crippen MR) is 171 cm³/mol. The summed E-state index contributed by atoms with van der Waals surface area (Å²) in [6.45, 7) is 13.3. The van der Waals surface area contributed by atoms with Gasteiger partial charge in [-0.15, -0.1) is 0 Å². The molecule has 8 nitrogen and oxygen atoms in total. The monoisotopic (exact) mass is 640 g/mol. The maximum atomic E-state index is 15.8. The number of amides is 1. The molecule has 4 rings (SSSR count). The van der Waals surface area contributed by atoms with Crippen molar-refractivity contribution in [1.82, 2.24) is 20.0 Å². The Morgan fingerprint density at radius 2 is 1.63 bits per heavy atom. The molecule has 11 heteroatoms. The van der Waals surface area contributed by atoms with Crippen molar-refractivity contribution >= 4 is 11.9 Å². The second-order valence-corrected chi connectivity index (χ2v) is 13.0. The summed E-state index contributed by atoms with van der Waals surface area (Å²) in [7, 11) is 0. The summed E-state index contributed by atoms with van der Waals surface area (Å²) in [6, 6.07) is 4.00. The number of rotatable bonds is 12. The van der Waals surface area contributed by atoms with Crippen molar-refractivity contribution in [3.8, 4) is 11.1 Å². The van der Waals surface area contributed by atoms with Crippen molar-refractivity contribution in [1.29, 1.82) is 0 Å². The molecule has 1 saturated heterocycles. The fourth-order valence-corrected chi connectivity index (χ4v) is 6.25. The van der Waals surface area contributed by atoms with Crippen LogP contribution in [0.5, 0.6) is 0 Å². The highest BCUT2D eigenvalue weighted by Crippen LogP contribution is 2.35. The van der Waals surface area contributed by atoms with Crippen LogP contribution >= 0.6 is 0 Å². The van der Waals surface area contributed by atoms with Crippen molar-refractivity contribution in [3.05, 3.63) is 85.3 Å². The van der Waals surface area contributed by atoms with Crippen LogP contribution in [0.1, 0.15) is 77.8 Å². The van der Waals surface area contributed by atoms with Gasteiger partial charge in [0.1, 0.15) is 23.8 Å². The molecule has 2 heterocycles. The van der Waals surface area contributed by atoms with Crippen LogP contribution in [0, 0.1) is 52.2 Å². The SMILES string of the molecule is Cc1cc(-c2c(C)cc(C)c(F)c2C)cc([C@H](CC(=O)O)NC(=O)[C@H](CC(C)C)n2nc(CCN3CC(F)C3)cc(C)c2=O)c1F. The minimum atomic E-state index is -1.30. The molecule has 1 aliphatic rings. The van der Waals surface area contributed by atoms with Gasteiger partial charge in [0.15, 0.2) is 0 Å². The zero-order valence-corrected chi connectivity index (χ0v) is 27.5. The van der Waals surface area contributed by atoms with E-state index in [2.05, 4.69) is 10.4 Å². The molecule has 0 aliphatic carbocycles. The highest BCUT2D eigenvalue weighted by Gasteiger charge is 2.31. The molecule has 1 aliphatic heterocycles. The fraction of sp³-hybridized carbons (Fsp3) is 0.486. The number of aliphatic carboxylic acids is 1. The number of aromatic nitrogens is 2. The summed E-state index contributed by atoms with van der Waals surface area (Å²) in [6.07, 6.45) is -0.824. The highest BCUT2D eigenvalue weighted by molar-refractivity contribution is 5.82. The number of nitrogens with zero attached hydrogens (tertiary/aromatic N) is 3. The van der Waals surface area contributed by atoms with Gasteiger partial charge in [-0.3, -0.25) is 19.3 Å². The first-order valence-electron chi connectivity index (χ1n) is 15.6. The quantitative estimate of drug-likeness (QED) is 0.258. The predicted octanol–water partition coefficient (Wildman–Crippen LogP) is 5.85. The third kappa shape index (κ3) is 7.68. The molecule has 0 radical (unpaired) electrons. The lowest BCUT2D eigenvalue weighted by atomic mass is 9.89. The largest absolute Gasteiger partial charge is 0.481 e. The lowest BCUT2D eigenvalue weighted by Crippen LogP contribution is -2.49. The van der Waals surface area contributed by atoms with Gasteiger partial charge >= 0.3 is 5.97 Å². The minimum Gasteiger partial charge on any atom is -0.481 e. The van der Waals surface area contributed by atoms with Gasteiger partial charge in [0, 0.05) is 37.2 Å². The Labute approximate surface area is 267 Å². The van der Waals surface area contributed by atoms with Gasteiger partial charge < -0.3 is 10.4 Å². The lowest BCUT2D eigenvalue weighted by molar-refractivity contribution is -0.138. The van der Waals surface area contributed by atoms with E-state index in [1.807, 2.05) is 25.7 Å². The molecule has 46 heavy (non-hydrogen) atoms. The van der Waals surface area contributed by atoms with Crippen LogP contribution in [0.4, 0.5) is 13.2 Å². The van der Waals surface area contributed by atoms with E-state index in [1.54, 1.807) is 39.0 Å². The van der Waals surface area contributed by atoms with Crippen molar-refractivity contribution in [2.24, 2.45) is 5.92 Å². The van der Waals surface area contributed by atoms with Gasteiger partial charge in [-0.25, -0.2) is 17.9 Å². The number of carbonyl (C=O) groups is 2. The molecule has 1 amide bonds. The number of alkyl halides is 1. The summed E-state index contributed by atoms with van der Waals surface area (Å²) >= 11 is 0. The van der Waals surface area contributed by atoms with Crippen molar-refractivity contribution in [2.45, 2.75) is 86.0 Å². The molecule has 0 spiro atoms. The van der Waals surface area contributed by atoms with Gasteiger partial charge in [0.05, 0.1) is 18.2 Å². The smallest absolute Gasteiger partial charge is 0.305 e. The standard InChI is InChI=1S/C35H43F3N4O4/c1-18(2)10-29(42-35(46)22(6)13-26(40-42)8-9-41-16-25(36)17-41)34(45)39-28(15-30(43)44)27-14-24(12-21(5)33(27)38)31-19(3)11-20(4)32(37)23(31)7/h11-14,18,25,28-29H,8-10,15-17H2,1-7H3,(H,39,45)(H,43,44)/t28-,29-/m0/s1. The van der Waals surface area contributed by atoms with E-state index < -0.39 is 47.9 Å². The van der Waals surface area contributed by atoms with Gasteiger partial charge in [-0.05, 0) is 98.5 Å². The average molecular weight is 641 g/mol. The Balaban J connectivity index is 1.74. The molecule has 1 fully saturated rings. The molecular formula is C35H43F3N4O4. The maximum Gasteiger partial charge on any atom is 0.305 e. The first kappa shape index (κ1) is 34.9. The normalized spacial score (nSPS) is 15.1. The molecule has 0 unspecified atom stereocenters. The first-order valence-corrected chi connectivity index (χ1v) is 15.6. The van der Waals surface area contributed by atoms with E-state index >= 15 is 4.39 Å². The molecule has 0 bridgehead atoms. The van der Waals surface area contributed by atoms with E-state index in [1.165, 1.54) is 13.0 Å². The third-order valence-electron chi connectivity index (χ3n) is 8.57. The summed E-state index contributed by atoms with van der Waals surface area (Å²) in [5, 5.41) is 17.0. The number of halogens is 3. The number of nitrogens with one attached hydrogen (secondary N) is 1. The molecule has 2 aromatic carbocycles. The number of hydrogen-bond acceptors (Lipinski definition) is 5. The Hall–Kier alpha value is -3.99. The Bertz CT molecular complexity index is 1700. The van der Waals surface area contributed by atoms with Gasteiger partial charge in [-0.2, -0.15) is 5.10 Å². The van der Waals surface area contributed by atoms with Crippen LogP contribution < -0.4 is 10.9 Å². The second kappa shape index (κ2) is 14.2. The highest BCUT2D eigenvalue weighted by atomic mass is 19.1. The average Bonchev–Trinajstić information content (AvgIpc) is 2.95. The molecule has 248 valence electrons. The molecule has 2 atom stereocenters. The number of hydrogen-bond donors (Lipinski definition) is 2. The van der Waals surface area contributed by atoms with Gasteiger partial charge in [0.25, 0.3) is 5.56 Å². The molecule has 1 aromatic heterocycles. The maximum absolute atomic E-state index is 15.8. The van der Waals surface area contributed by atoms with E-state index in [9.17, 15) is 28.3 Å². The van der Waals surface area contributed by atoms with Gasteiger partial charge in [0.2, 0.25) is 5.91 Å². The summed E-state index contributed by atoms with van der Waals surface area (Å²) in [4.78, 5) is 41.3. The van der Waals surface area contributed by atoms with Gasteiger partial charge in [-0.1, -0.05) is 19.9 Å². The zero-order valence-electron chi connectivity index (χ0n) is 27.5. The van der Waals surface area contributed by atoms with Crippen molar-refractivity contribution in [3.63, 3.8) is 0 Å². The number of carbonyl (C=O) groups excluding carboxylic acids is 1. The van der Waals surface area contributed by atoms with Crippen LogP contribution in [0.3, 0.4) is 0 Å². The number of carboxylic acid groups (broad SMARTS) is 1. The summed E-state index contributed by atoms with van der Waals surface area (Å²) in [5.74, 6) is -3.07. The van der Waals surface area contributed by atoms with Crippen molar-refractivity contribution < 1.29 is 27.9 Å². The summed E-state index contributed by atoms with van der Waals surface area (Å²) in [5.41, 5.74) is 3.30. The van der Waals surface area contributed by atoms with E-state index in [4.69, 9.17) is 0 Å². The fourth-order valence-electron chi connectivity index (χ4n) is 6.25. The molecule has 0 saturated carbocycles. The number of carboxylic acids is 1. The van der Waals surface area contributed by atoms with Crippen molar-refractivity contribution in [2.75, 3.05) is 19.6 Å². The third-order valence-corrected chi connectivity index (χ3v) is 8.57. The molecule has 2 N–H and O–H groups in total. The topological polar surface area (TPSA) is 105 Å². The van der Waals surface area contributed by atoms with Crippen LogP contribution in [-0.2, 0) is 16.0 Å². The zero-order chi connectivity index (χ0) is 34.0. The Morgan fingerprint density at radius 3 is 2.24 bits per heavy atom. The number of benzene rings is 2. The number of likely N-dealkylation sites (tertiary alicyclic amines) is 1. The Morgan fingerprint density at radius 1 is 0.978 bits per heavy atom. The van der Waals surface area contributed by atoms with E-state index in [-0.39, 0.29) is 29.3 Å². The lowest BCUT2D eigenvalue weighted by Gasteiger charge is -2.34. The number of aryl methyl sites for hydroxylation is 4. The first-order chi connectivity index (χ1) is 21.6. The molecular weight excluding hydrogens is 597 g/mol. The minimum absolute atomic E-state index is 0.0558. The Kier molecular flexibility index (Phi) is 10.8. The van der Waals surface area contributed by atoms with E-state index in [0.29, 0.717) is 59.6 Å². The van der Waals surface area contributed by atoms with E-state index in [0.717, 1.165) is 10.2 Å². The van der Waals surface area contributed by atoms with Crippen LogP contribution in [0.15, 0.2) is 29.1 Å². The summed E-state index contributed by atoms with van der Waals surface area (Å²) < 4.78 is 45.2. The second-order valence-electron chi connectivity index (χ2n) is 13.0. The van der Waals surface area contributed by atoms with Crippen LogP contribution in [0.25, 0.3) is 11.1 Å². The van der Waals surface area contributed by atoms with Crippen LogP contribution in [0.2, 0.25) is 0 Å². The molecule has 3 aromatic rings.